The summed E-state index contributed by atoms with van der Waals surface area (Å²) in [5.41, 5.74) is 9.38. The van der Waals surface area contributed by atoms with Crippen molar-refractivity contribution in [3.05, 3.63) is 98.0 Å². The van der Waals surface area contributed by atoms with E-state index in [4.69, 9.17) is 33.0 Å². The molecule has 1 aliphatic heterocycles. The molecule has 6 aromatic rings. The van der Waals surface area contributed by atoms with Crippen LogP contribution < -0.4 is 9.64 Å². The van der Waals surface area contributed by atoms with Crippen LogP contribution in [-0.2, 0) is 27.1 Å². The number of rotatable bonds is 8. The molecule has 0 radical (unpaired) electrons. The number of anilines is 1. The van der Waals surface area contributed by atoms with Gasteiger partial charge < -0.3 is 23.9 Å². The summed E-state index contributed by atoms with van der Waals surface area (Å²) >= 11 is 13.4. The van der Waals surface area contributed by atoms with Crippen LogP contribution in [0.4, 0.5) is 5.69 Å². The van der Waals surface area contributed by atoms with Crippen molar-refractivity contribution in [1.82, 2.24) is 18.9 Å². The Morgan fingerprint density at radius 1 is 1.00 bits per heavy atom. The first kappa shape index (κ1) is 33.8. The van der Waals surface area contributed by atoms with Gasteiger partial charge in [-0.1, -0.05) is 29.3 Å². The van der Waals surface area contributed by atoms with E-state index in [0.29, 0.717) is 47.8 Å². The van der Waals surface area contributed by atoms with E-state index in [-0.39, 0.29) is 17.5 Å². The Morgan fingerprint density at radius 3 is 2.38 bits per heavy atom. The molecule has 0 fully saturated rings. The van der Waals surface area contributed by atoms with Crippen molar-refractivity contribution in [3.8, 4) is 16.9 Å². The number of ether oxygens (including phenoxy) is 1. The van der Waals surface area contributed by atoms with E-state index in [1.165, 1.54) is 0 Å². The number of carbonyl (C=O) groups is 2. The van der Waals surface area contributed by atoms with E-state index in [2.05, 4.69) is 4.57 Å². The van der Waals surface area contributed by atoms with Gasteiger partial charge in [0.2, 0.25) is 0 Å². The summed E-state index contributed by atoms with van der Waals surface area (Å²) in [6.07, 6.45) is 3.05. The summed E-state index contributed by atoms with van der Waals surface area (Å²) in [6.45, 7) is 10.8. The molecule has 1 amide bonds. The summed E-state index contributed by atoms with van der Waals surface area (Å²) in [5.74, 6) is -0.472. The molecular weight excluding hydrogens is 673 g/mol. The SMILES string of the molecule is Cc1cc(OCCCc2c3n(c4c(-c5c(C)nn(C)c5C)c(Cl)ccc24)CC(C)N(c2cc(C(=O)O)c4ccn(C)c4c2)C3=O)cc(C)c1Cl. The Morgan fingerprint density at radius 2 is 1.72 bits per heavy atom. The zero-order chi connectivity index (χ0) is 35.8. The molecule has 7 rings (SSSR count). The molecule has 1 unspecified atom stereocenters. The second-order valence-electron chi connectivity index (χ2n) is 13.4. The molecule has 0 spiro atoms. The fourth-order valence-corrected chi connectivity index (χ4v) is 8.04. The largest absolute Gasteiger partial charge is 0.494 e. The van der Waals surface area contributed by atoms with Gasteiger partial charge >= 0.3 is 5.97 Å². The molecule has 11 heteroatoms. The minimum Gasteiger partial charge on any atom is -0.494 e. The van der Waals surface area contributed by atoms with Gasteiger partial charge in [0.1, 0.15) is 11.4 Å². The van der Waals surface area contributed by atoms with E-state index in [9.17, 15) is 14.7 Å². The highest BCUT2D eigenvalue weighted by molar-refractivity contribution is 6.35. The Kier molecular flexibility index (Phi) is 8.47. The van der Waals surface area contributed by atoms with E-state index in [1.807, 2.05) is 94.5 Å². The van der Waals surface area contributed by atoms with Crippen LogP contribution in [0.1, 0.15) is 62.3 Å². The smallest absolute Gasteiger partial charge is 0.336 e. The Balaban J connectivity index is 1.37. The third kappa shape index (κ3) is 5.34. The summed E-state index contributed by atoms with van der Waals surface area (Å²) in [5, 5.41) is 17.7. The predicted molar refractivity (Wildman–Crippen MR) is 200 cm³/mol. The van der Waals surface area contributed by atoms with E-state index in [0.717, 1.165) is 66.4 Å². The number of aryl methyl sites for hydroxylation is 6. The number of carboxylic acids is 1. The number of carbonyl (C=O) groups excluding carboxylic acids is 1. The fraction of sp³-hybridized carbons (Fsp3) is 0.308. The van der Waals surface area contributed by atoms with Crippen molar-refractivity contribution < 1.29 is 19.4 Å². The average Bonchev–Trinajstić information content (AvgIpc) is 3.67. The maximum atomic E-state index is 14.9. The van der Waals surface area contributed by atoms with Crippen LogP contribution in [0.15, 0.2) is 48.7 Å². The van der Waals surface area contributed by atoms with Crippen molar-refractivity contribution in [2.75, 3.05) is 11.5 Å². The normalized spacial score (nSPS) is 14.6. The second-order valence-corrected chi connectivity index (χ2v) is 14.2. The van der Waals surface area contributed by atoms with Crippen molar-refractivity contribution in [2.45, 2.75) is 60.0 Å². The summed E-state index contributed by atoms with van der Waals surface area (Å²) in [7, 11) is 3.79. The molecule has 50 heavy (non-hydrogen) atoms. The summed E-state index contributed by atoms with van der Waals surface area (Å²) in [6, 6.07) is 12.8. The van der Waals surface area contributed by atoms with Crippen molar-refractivity contribution in [3.63, 3.8) is 0 Å². The van der Waals surface area contributed by atoms with Crippen molar-refractivity contribution >= 4 is 62.6 Å². The number of fused-ring (bicyclic) bond motifs is 4. The lowest BCUT2D eigenvalue weighted by molar-refractivity contribution is 0.0698. The number of nitrogens with zero attached hydrogens (tertiary/aromatic N) is 5. The van der Waals surface area contributed by atoms with Crippen LogP contribution in [0.2, 0.25) is 10.0 Å². The number of benzene rings is 3. The highest BCUT2D eigenvalue weighted by atomic mass is 35.5. The molecule has 9 nitrogen and oxygen atoms in total. The third-order valence-electron chi connectivity index (χ3n) is 10.1. The molecular formula is C39H39Cl2N5O4. The Hall–Kier alpha value is -4.73. The topological polar surface area (TPSA) is 94.5 Å². The van der Waals surface area contributed by atoms with Gasteiger partial charge in [-0.05, 0) is 101 Å². The quantitative estimate of drug-likeness (QED) is 0.159. The predicted octanol–water partition coefficient (Wildman–Crippen LogP) is 8.83. The number of hydrogen-bond acceptors (Lipinski definition) is 4. The molecule has 0 saturated heterocycles. The minimum atomic E-state index is -1.04. The lowest BCUT2D eigenvalue weighted by atomic mass is 9.98. The second kappa shape index (κ2) is 12.5. The molecule has 1 atom stereocenters. The van der Waals surface area contributed by atoms with Crippen LogP contribution >= 0.6 is 23.2 Å². The number of aromatic carboxylic acids is 1. The highest BCUT2D eigenvalue weighted by Crippen LogP contribution is 2.44. The fourth-order valence-electron chi connectivity index (χ4n) is 7.68. The number of halogens is 2. The van der Waals surface area contributed by atoms with E-state index < -0.39 is 5.97 Å². The average molecular weight is 713 g/mol. The number of hydrogen-bond donors (Lipinski definition) is 1. The van der Waals surface area contributed by atoms with Gasteiger partial charge in [0.15, 0.2) is 0 Å². The minimum absolute atomic E-state index is 0.158. The van der Waals surface area contributed by atoms with Crippen LogP contribution in [-0.4, -0.2) is 48.5 Å². The first-order valence-corrected chi connectivity index (χ1v) is 17.4. The lowest BCUT2D eigenvalue weighted by Crippen LogP contribution is -2.47. The number of aromatic nitrogens is 4. The maximum absolute atomic E-state index is 14.9. The number of amides is 1. The first-order chi connectivity index (χ1) is 23.8. The summed E-state index contributed by atoms with van der Waals surface area (Å²) < 4.78 is 12.0. The van der Waals surface area contributed by atoms with Crippen molar-refractivity contribution in [2.24, 2.45) is 14.1 Å². The Labute approximate surface area is 300 Å². The molecule has 1 aliphatic rings. The van der Waals surface area contributed by atoms with Gasteiger partial charge in [-0.3, -0.25) is 9.48 Å². The molecule has 3 aromatic carbocycles. The van der Waals surface area contributed by atoms with Gasteiger partial charge in [0.25, 0.3) is 5.91 Å². The lowest BCUT2D eigenvalue weighted by Gasteiger charge is -2.36. The van der Waals surface area contributed by atoms with Crippen LogP contribution in [0.3, 0.4) is 0 Å². The zero-order valence-electron chi connectivity index (χ0n) is 29.2. The molecule has 0 aliphatic carbocycles. The van der Waals surface area contributed by atoms with E-state index >= 15 is 0 Å². The van der Waals surface area contributed by atoms with E-state index in [1.54, 1.807) is 17.0 Å². The molecule has 0 saturated carbocycles. The van der Waals surface area contributed by atoms with Crippen LogP contribution in [0, 0.1) is 27.7 Å². The highest BCUT2D eigenvalue weighted by Gasteiger charge is 2.37. The van der Waals surface area contributed by atoms with Gasteiger partial charge in [-0.2, -0.15) is 5.10 Å². The zero-order valence-corrected chi connectivity index (χ0v) is 30.7. The van der Waals surface area contributed by atoms with Gasteiger partial charge in [0.05, 0.1) is 40.0 Å². The molecule has 3 aromatic heterocycles. The van der Waals surface area contributed by atoms with Crippen LogP contribution in [0.5, 0.6) is 5.75 Å². The molecule has 0 bridgehead atoms. The summed E-state index contributed by atoms with van der Waals surface area (Å²) in [4.78, 5) is 29.1. The van der Waals surface area contributed by atoms with Crippen LogP contribution in [0.25, 0.3) is 32.9 Å². The molecule has 258 valence electrons. The number of carboxylic acid groups (broad SMARTS) is 1. The van der Waals surface area contributed by atoms with Gasteiger partial charge in [-0.25, -0.2) is 4.79 Å². The monoisotopic (exact) mass is 711 g/mol. The first-order valence-electron chi connectivity index (χ1n) is 16.7. The molecule has 1 N–H and O–H groups in total. The Bertz CT molecular complexity index is 2360. The third-order valence-corrected chi connectivity index (χ3v) is 11.0. The standard InChI is InChI=1S/C39H39Cl2N5O4/c1-20-15-26(16-21(2)35(20)41)50-14-8-9-28-29-10-11-31(40)34(33-23(4)42-44(7)24(33)5)36(29)45-19-22(3)46(38(47)37(28)45)25-17-30(39(48)49)27-12-13-43(6)32(27)18-25/h10-13,15-18,22H,8-9,14,19H2,1-7H3,(H,48,49). The van der Waals surface area contributed by atoms with Crippen molar-refractivity contribution in [1.29, 1.82) is 0 Å². The van der Waals surface area contributed by atoms with Gasteiger partial charge in [-0.15, -0.1) is 0 Å². The van der Waals surface area contributed by atoms with Gasteiger partial charge in [0, 0.05) is 65.1 Å². The molecule has 4 heterocycles. The maximum Gasteiger partial charge on any atom is 0.336 e.